The summed E-state index contributed by atoms with van der Waals surface area (Å²) in [6.45, 7) is 12.4. The minimum Gasteiger partial charge on any atom is -0.494 e. The number of rotatable bonds is 9. The Balaban J connectivity index is 0. The van der Waals surface area contributed by atoms with Crippen molar-refractivity contribution in [2.75, 3.05) is 6.61 Å². The Morgan fingerprint density at radius 1 is 1.04 bits per heavy atom. The molecular weight excluding hydrogens is 291 g/mol. The third-order valence-electron chi connectivity index (χ3n) is 3.12. The van der Waals surface area contributed by atoms with E-state index in [4.69, 9.17) is 4.74 Å². The van der Waals surface area contributed by atoms with Crippen LogP contribution in [0.25, 0.3) is 0 Å². The SMILES string of the molecule is CC.CC.CCOc1ccc(F)c(CCCCCC(=O)CC)c1. The molecule has 1 aromatic rings. The lowest BCUT2D eigenvalue weighted by atomic mass is 10.0. The Hall–Kier alpha value is -1.38. The minimum absolute atomic E-state index is 0.173. The molecule has 134 valence electrons. The van der Waals surface area contributed by atoms with Gasteiger partial charge in [0.1, 0.15) is 17.3 Å². The molecule has 1 rings (SSSR count). The first-order valence-corrected chi connectivity index (χ1v) is 9.10. The molecular formula is C20H35FO2. The molecule has 0 aliphatic rings. The van der Waals surface area contributed by atoms with Crippen molar-refractivity contribution >= 4 is 5.78 Å². The van der Waals surface area contributed by atoms with E-state index in [9.17, 15) is 9.18 Å². The zero-order chi connectivity index (χ0) is 18.1. The van der Waals surface area contributed by atoms with Crippen LogP contribution in [-0.4, -0.2) is 12.4 Å². The topological polar surface area (TPSA) is 26.3 Å². The number of aryl methyl sites for hydroxylation is 1. The van der Waals surface area contributed by atoms with Gasteiger partial charge in [-0.25, -0.2) is 4.39 Å². The molecule has 0 aliphatic heterocycles. The maximum Gasteiger partial charge on any atom is 0.132 e. The van der Waals surface area contributed by atoms with E-state index in [-0.39, 0.29) is 5.82 Å². The zero-order valence-corrected chi connectivity index (χ0v) is 15.9. The van der Waals surface area contributed by atoms with E-state index in [0.29, 0.717) is 37.2 Å². The summed E-state index contributed by atoms with van der Waals surface area (Å²) in [6.07, 6.45) is 4.74. The predicted molar refractivity (Wildman–Crippen MR) is 97.7 cm³/mol. The van der Waals surface area contributed by atoms with Crippen molar-refractivity contribution in [3.05, 3.63) is 29.6 Å². The van der Waals surface area contributed by atoms with Crippen LogP contribution >= 0.6 is 0 Å². The number of unbranched alkanes of at least 4 members (excludes halogenated alkanes) is 2. The number of benzene rings is 1. The van der Waals surface area contributed by atoms with E-state index >= 15 is 0 Å². The molecule has 0 aliphatic carbocycles. The van der Waals surface area contributed by atoms with Gasteiger partial charge in [0.2, 0.25) is 0 Å². The van der Waals surface area contributed by atoms with Crippen LogP contribution in [0.15, 0.2) is 18.2 Å². The average Bonchev–Trinajstić information content (AvgIpc) is 2.60. The second-order valence-electron chi connectivity index (χ2n) is 4.64. The number of carbonyl (C=O) groups excluding carboxylic acids is 1. The summed E-state index contributed by atoms with van der Waals surface area (Å²) >= 11 is 0. The van der Waals surface area contributed by atoms with Crippen molar-refractivity contribution in [1.29, 1.82) is 0 Å². The highest BCUT2D eigenvalue weighted by atomic mass is 19.1. The second kappa shape index (κ2) is 17.0. The summed E-state index contributed by atoms with van der Waals surface area (Å²) < 4.78 is 19.0. The summed E-state index contributed by atoms with van der Waals surface area (Å²) in [4.78, 5) is 11.1. The van der Waals surface area contributed by atoms with E-state index in [1.54, 1.807) is 12.1 Å². The number of ether oxygens (including phenoxy) is 1. The van der Waals surface area contributed by atoms with Gasteiger partial charge in [-0.05, 0) is 49.9 Å². The fourth-order valence-electron chi connectivity index (χ4n) is 1.99. The van der Waals surface area contributed by atoms with Crippen molar-refractivity contribution in [1.82, 2.24) is 0 Å². The number of hydrogen-bond donors (Lipinski definition) is 0. The quantitative estimate of drug-likeness (QED) is 0.494. The smallest absolute Gasteiger partial charge is 0.132 e. The molecule has 0 amide bonds. The number of halogens is 1. The Bertz CT molecular complexity index is 403. The van der Waals surface area contributed by atoms with Crippen molar-refractivity contribution < 1.29 is 13.9 Å². The van der Waals surface area contributed by atoms with Gasteiger partial charge >= 0.3 is 0 Å². The van der Waals surface area contributed by atoms with Crippen LogP contribution in [0.4, 0.5) is 4.39 Å². The number of ketones is 1. The van der Waals surface area contributed by atoms with E-state index < -0.39 is 0 Å². The van der Waals surface area contributed by atoms with Gasteiger partial charge in [0, 0.05) is 12.8 Å². The minimum atomic E-state index is -0.173. The lowest BCUT2D eigenvalue weighted by Crippen LogP contribution is -1.97. The molecule has 0 spiro atoms. The molecule has 0 saturated carbocycles. The van der Waals surface area contributed by atoms with Gasteiger partial charge in [0.05, 0.1) is 6.61 Å². The first-order chi connectivity index (χ1) is 11.2. The van der Waals surface area contributed by atoms with Crippen LogP contribution in [-0.2, 0) is 11.2 Å². The Kier molecular flexibility index (Phi) is 17.6. The third-order valence-corrected chi connectivity index (χ3v) is 3.12. The molecule has 0 radical (unpaired) electrons. The van der Waals surface area contributed by atoms with Crippen molar-refractivity contribution in [2.45, 2.75) is 80.1 Å². The van der Waals surface area contributed by atoms with Crippen LogP contribution in [0.3, 0.4) is 0 Å². The van der Waals surface area contributed by atoms with Gasteiger partial charge in [-0.2, -0.15) is 0 Å². The normalized spacial score (nSPS) is 9.17. The molecule has 0 N–H and O–H groups in total. The highest BCUT2D eigenvalue weighted by molar-refractivity contribution is 5.77. The summed E-state index contributed by atoms with van der Waals surface area (Å²) in [5.74, 6) is 0.859. The fraction of sp³-hybridized carbons (Fsp3) is 0.650. The van der Waals surface area contributed by atoms with E-state index in [1.165, 1.54) is 6.07 Å². The third kappa shape index (κ3) is 11.8. The van der Waals surface area contributed by atoms with Gasteiger partial charge < -0.3 is 4.74 Å². The van der Waals surface area contributed by atoms with Crippen LogP contribution in [0.2, 0.25) is 0 Å². The fourth-order valence-corrected chi connectivity index (χ4v) is 1.99. The first kappa shape index (κ1) is 23.9. The van der Waals surface area contributed by atoms with Gasteiger partial charge in [-0.3, -0.25) is 4.79 Å². The van der Waals surface area contributed by atoms with E-state index in [2.05, 4.69) is 0 Å². The lowest BCUT2D eigenvalue weighted by Gasteiger charge is -2.07. The van der Waals surface area contributed by atoms with E-state index in [0.717, 1.165) is 25.0 Å². The summed E-state index contributed by atoms with van der Waals surface area (Å²) in [6, 6.07) is 4.89. The highest BCUT2D eigenvalue weighted by Gasteiger charge is 2.05. The average molecular weight is 326 g/mol. The monoisotopic (exact) mass is 326 g/mol. The molecule has 0 heterocycles. The largest absolute Gasteiger partial charge is 0.494 e. The number of Topliss-reactive ketones (excluding diaryl/α,β-unsaturated/α-hetero) is 1. The second-order valence-corrected chi connectivity index (χ2v) is 4.64. The van der Waals surface area contributed by atoms with Crippen LogP contribution in [0.5, 0.6) is 5.75 Å². The molecule has 0 atom stereocenters. The molecule has 0 aromatic heterocycles. The number of carbonyl (C=O) groups is 1. The van der Waals surface area contributed by atoms with Crippen LogP contribution in [0.1, 0.15) is 79.2 Å². The molecule has 3 heteroatoms. The van der Waals surface area contributed by atoms with Crippen molar-refractivity contribution in [3.8, 4) is 5.75 Å². The Labute approximate surface area is 142 Å². The first-order valence-electron chi connectivity index (χ1n) is 9.10. The molecule has 0 unspecified atom stereocenters. The van der Waals surface area contributed by atoms with Gasteiger partial charge in [-0.1, -0.05) is 41.0 Å². The Morgan fingerprint density at radius 2 is 1.70 bits per heavy atom. The summed E-state index contributed by atoms with van der Waals surface area (Å²) in [5, 5.41) is 0. The Morgan fingerprint density at radius 3 is 2.26 bits per heavy atom. The van der Waals surface area contributed by atoms with Gasteiger partial charge in [-0.15, -0.1) is 0 Å². The van der Waals surface area contributed by atoms with Crippen LogP contribution in [0, 0.1) is 5.82 Å². The van der Waals surface area contributed by atoms with E-state index in [1.807, 2.05) is 41.5 Å². The zero-order valence-electron chi connectivity index (χ0n) is 15.9. The maximum atomic E-state index is 13.6. The van der Waals surface area contributed by atoms with Crippen molar-refractivity contribution in [2.24, 2.45) is 0 Å². The van der Waals surface area contributed by atoms with Gasteiger partial charge in [0.15, 0.2) is 0 Å². The van der Waals surface area contributed by atoms with Crippen LogP contribution < -0.4 is 4.74 Å². The summed E-state index contributed by atoms with van der Waals surface area (Å²) in [7, 11) is 0. The molecule has 0 fully saturated rings. The van der Waals surface area contributed by atoms with Gasteiger partial charge in [0.25, 0.3) is 0 Å². The highest BCUT2D eigenvalue weighted by Crippen LogP contribution is 2.19. The molecule has 23 heavy (non-hydrogen) atoms. The standard InChI is InChI=1S/C16H23FO2.2C2H6/c1-3-14(18)9-7-5-6-8-13-12-15(19-4-2)10-11-16(13)17;2*1-2/h10-12H,3-9H2,1-2H3;2*1-2H3. The molecule has 1 aromatic carbocycles. The molecule has 0 saturated heterocycles. The number of hydrogen-bond acceptors (Lipinski definition) is 2. The predicted octanol–water partition coefficient (Wildman–Crippen LogP) is 6.36. The lowest BCUT2D eigenvalue weighted by molar-refractivity contribution is -0.118. The van der Waals surface area contributed by atoms with Crippen molar-refractivity contribution in [3.63, 3.8) is 0 Å². The molecule has 0 bridgehead atoms. The maximum absolute atomic E-state index is 13.6. The molecule has 2 nitrogen and oxygen atoms in total. The summed E-state index contributed by atoms with van der Waals surface area (Å²) in [5.41, 5.74) is 0.702.